The first-order chi connectivity index (χ1) is 19.5. The van der Waals surface area contributed by atoms with Gasteiger partial charge in [0.15, 0.2) is 0 Å². The average molecular weight is 546 g/mol. The monoisotopic (exact) mass is 545 g/mol. The summed E-state index contributed by atoms with van der Waals surface area (Å²) in [5.74, 6) is 0.778. The van der Waals surface area contributed by atoms with Crippen LogP contribution in [0.3, 0.4) is 0 Å². The van der Waals surface area contributed by atoms with E-state index in [4.69, 9.17) is 21.4 Å². The van der Waals surface area contributed by atoms with Crippen molar-refractivity contribution >= 4 is 34.8 Å². The fourth-order valence-corrected chi connectivity index (χ4v) is 5.40. The molecule has 0 radical (unpaired) electrons. The number of aromatic nitrogens is 2. The van der Waals surface area contributed by atoms with Crippen LogP contribution in [0, 0.1) is 0 Å². The molecule has 40 heavy (non-hydrogen) atoms. The minimum atomic E-state index is -0.774. The molecular formula is C35H32ClN3O. The van der Waals surface area contributed by atoms with Crippen LogP contribution in [0.4, 0.5) is 0 Å². The van der Waals surface area contributed by atoms with E-state index >= 15 is 0 Å². The van der Waals surface area contributed by atoms with E-state index in [-0.39, 0.29) is 6.10 Å². The zero-order valence-corrected chi connectivity index (χ0v) is 23.7. The SMILES string of the molecule is C=N/C(Cl)=C\C(=C/C)c1nn(C(c2ccccc2)(c2ccccc2)c2ccccc2)c2ccc(OC(C)C)cc12. The maximum absolute atomic E-state index is 6.36. The van der Waals surface area contributed by atoms with Gasteiger partial charge in [0.1, 0.15) is 22.1 Å². The van der Waals surface area contributed by atoms with Gasteiger partial charge in [0.05, 0.1) is 11.6 Å². The predicted octanol–water partition coefficient (Wildman–Crippen LogP) is 8.85. The van der Waals surface area contributed by atoms with E-state index < -0.39 is 5.54 Å². The van der Waals surface area contributed by atoms with Crippen LogP contribution in [-0.4, -0.2) is 22.6 Å². The molecule has 4 nitrogen and oxygen atoms in total. The molecule has 0 fully saturated rings. The molecule has 0 spiro atoms. The van der Waals surface area contributed by atoms with E-state index in [0.717, 1.165) is 44.6 Å². The van der Waals surface area contributed by atoms with Gasteiger partial charge in [-0.1, -0.05) is 109 Å². The maximum atomic E-state index is 6.36. The van der Waals surface area contributed by atoms with Gasteiger partial charge in [-0.2, -0.15) is 5.10 Å². The summed E-state index contributed by atoms with van der Waals surface area (Å²) in [5.41, 5.74) is 5.08. The highest BCUT2D eigenvalue weighted by Crippen LogP contribution is 2.44. The molecule has 1 aromatic heterocycles. The van der Waals surface area contributed by atoms with Gasteiger partial charge in [-0.15, -0.1) is 0 Å². The number of hydrogen-bond acceptors (Lipinski definition) is 3. The zero-order valence-electron chi connectivity index (χ0n) is 23.0. The number of fused-ring (bicyclic) bond motifs is 1. The quantitative estimate of drug-likeness (QED) is 0.0803. The number of ether oxygens (including phenoxy) is 1. The Bertz CT molecular complexity index is 1570. The normalized spacial score (nSPS) is 12.6. The van der Waals surface area contributed by atoms with Crippen LogP contribution in [0.25, 0.3) is 16.5 Å². The number of halogens is 1. The second-order valence-corrected chi connectivity index (χ2v) is 10.2. The van der Waals surface area contributed by atoms with Gasteiger partial charge >= 0.3 is 0 Å². The van der Waals surface area contributed by atoms with Crippen molar-refractivity contribution in [3.8, 4) is 5.75 Å². The van der Waals surface area contributed by atoms with Crippen molar-refractivity contribution in [3.63, 3.8) is 0 Å². The number of rotatable bonds is 9. The Kier molecular flexibility index (Phi) is 7.99. The molecule has 0 aliphatic rings. The lowest BCUT2D eigenvalue weighted by Crippen LogP contribution is -2.38. The molecule has 0 aliphatic carbocycles. The van der Waals surface area contributed by atoms with Crippen molar-refractivity contribution in [2.75, 3.05) is 0 Å². The molecular weight excluding hydrogens is 514 g/mol. The Morgan fingerprint density at radius 3 is 1.85 bits per heavy atom. The molecule has 5 heteroatoms. The van der Waals surface area contributed by atoms with E-state index in [1.54, 1.807) is 6.08 Å². The number of hydrogen-bond donors (Lipinski definition) is 0. The Morgan fingerprint density at radius 1 is 0.875 bits per heavy atom. The van der Waals surface area contributed by atoms with Crippen molar-refractivity contribution < 1.29 is 4.74 Å². The van der Waals surface area contributed by atoms with Gasteiger partial charge in [0.2, 0.25) is 0 Å². The Morgan fingerprint density at radius 2 is 1.40 bits per heavy atom. The first kappa shape index (κ1) is 27.2. The summed E-state index contributed by atoms with van der Waals surface area (Å²) in [4.78, 5) is 3.91. The Hall–Kier alpha value is -4.41. The van der Waals surface area contributed by atoms with Crippen LogP contribution >= 0.6 is 11.6 Å². The number of benzene rings is 4. The van der Waals surface area contributed by atoms with E-state index in [9.17, 15) is 0 Å². The van der Waals surface area contributed by atoms with Gasteiger partial charge < -0.3 is 4.74 Å². The zero-order chi connectivity index (χ0) is 28.1. The van der Waals surface area contributed by atoms with Gasteiger partial charge in [-0.05, 0) is 68.5 Å². The number of aliphatic imine (C=N–C) groups is 1. The van der Waals surface area contributed by atoms with Crippen molar-refractivity contribution in [1.29, 1.82) is 0 Å². The van der Waals surface area contributed by atoms with Crippen LogP contribution in [0.5, 0.6) is 5.75 Å². The van der Waals surface area contributed by atoms with Crippen molar-refractivity contribution in [1.82, 2.24) is 9.78 Å². The third-order valence-electron chi connectivity index (χ3n) is 6.93. The average Bonchev–Trinajstić information content (AvgIpc) is 3.36. The lowest BCUT2D eigenvalue weighted by molar-refractivity contribution is 0.243. The van der Waals surface area contributed by atoms with Gasteiger partial charge in [-0.25, -0.2) is 4.68 Å². The van der Waals surface area contributed by atoms with Crippen molar-refractivity contribution in [2.45, 2.75) is 32.4 Å². The molecule has 0 saturated carbocycles. The molecule has 0 N–H and O–H groups in total. The summed E-state index contributed by atoms with van der Waals surface area (Å²) in [6.45, 7) is 9.61. The highest BCUT2D eigenvalue weighted by molar-refractivity contribution is 6.30. The molecule has 0 amide bonds. The first-order valence-electron chi connectivity index (χ1n) is 13.4. The second kappa shape index (κ2) is 11.8. The molecule has 0 unspecified atom stereocenters. The summed E-state index contributed by atoms with van der Waals surface area (Å²) in [6, 6.07) is 37.7. The number of allylic oxidation sites excluding steroid dienone is 3. The molecule has 4 aromatic carbocycles. The standard InChI is InChI=1S/C35H32ClN3O/c1-5-26(23-33(36)37-4)34-31-24-30(40-25(2)3)21-22-32(31)39(38-34)35(27-15-9-6-10-16-27,28-17-11-7-12-18-28)29-19-13-8-14-20-29/h5-25H,4H2,1-3H3/b26-5+,33-23-. The van der Waals surface area contributed by atoms with E-state index in [1.165, 1.54) is 0 Å². The Balaban J connectivity index is 1.95. The molecule has 0 aliphatic heterocycles. The van der Waals surface area contributed by atoms with Crippen LogP contribution in [0.1, 0.15) is 43.2 Å². The van der Waals surface area contributed by atoms with E-state index in [2.05, 4.69) is 101 Å². The lowest BCUT2D eigenvalue weighted by Gasteiger charge is -2.37. The largest absolute Gasteiger partial charge is 0.491 e. The Labute approximate surface area is 240 Å². The lowest BCUT2D eigenvalue weighted by atomic mass is 9.77. The smallest absolute Gasteiger partial charge is 0.138 e. The minimum absolute atomic E-state index is 0.0356. The maximum Gasteiger partial charge on any atom is 0.138 e. The fourth-order valence-electron chi connectivity index (χ4n) is 5.28. The van der Waals surface area contributed by atoms with Crippen LogP contribution in [-0.2, 0) is 5.54 Å². The summed E-state index contributed by atoms with van der Waals surface area (Å²) < 4.78 is 8.26. The molecule has 5 rings (SSSR count). The van der Waals surface area contributed by atoms with Crippen LogP contribution in [0.15, 0.2) is 131 Å². The fraction of sp³-hybridized carbons (Fsp3) is 0.143. The third-order valence-corrected chi connectivity index (χ3v) is 7.15. The molecule has 200 valence electrons. The van der Waals surface area contributed by atoms with E-state index in [0.29, 0.717) is 5.16 Å². The summed E-state index contributed by atoms with van der Waals surface area (Å²) >= 11 is 6.36. The molecule has 0 saturated heterocycles. The number of nitrogens with zero attached hydrogens (tertiary/aromatic N) is 3. The second-order valence-electron chi connectivity index (χ2n) is 9.78. The molecule has 5 aromatic rings. The van der Waals surface area contributed by atoms with E-state index in [1.807, 2.05) is 51.1 Å². The molecule has 0 bridgehead atoms. The molecule has 0 atom stereocenters. The molecule has 1 heterocycles. The first-order valence-corrected chi connectivity index (χ1v) is 13.7. The predicted molar refractivity (Wildman–Crippen MR) is 167 cm³/mol. The van der Waals surface area contributed by atoms with Crippen LogP contribution < -0.4 is 4.74 Å². The van der Waals surface area contributed by atoms with Crippen molar-refractivity contribution in [3.05, 3.63) is 149 Å². The summed E-state index contributed by atoms with van der Waals surface area (Å²) in [7, 11) is 0. The van der Waals surface area contributed by atoms with Crippen LogP contribution in [0.2, 0.25) is 0 Å². The van der Waals surface area contributed by atoms with Gasteiger partial charge in [0.25, 0.3) is 0 Å². The highest BCUT2D eigenvalue weighted by atomic mass is 35.5. The third kappa shape index (κ3) is 4.99. The van der Waals surface area contributed by atoms with Crippen molar-refractivity contribution in [2.24, 2.45) is 4.99 Å². The summed E-state index contributed by atoms with van der Waals surface area (Å²) in [5, 5.41) is 6.64. The van der Waals surface area contributed by atoms with Gasteiger partial charge in [-0.3, -0.25) is 4.99 Å². The van der Waals surface area contributed by atoms with Gasteiger partial charge in [0, 0.05) is 11.0 Å². The summed E-state index contributed by atoms with van der Waals surface area (Å²) in [6.07, 6.45) is 3.82. The minimum Gasteiger partial charge on any atom is -0.491 e. The topological polar surface area (TPSA) is 39.4 Å². The highest BCUT2D eigenvalue weighted by Gasteiger charge is 2.41.